The number of carbonyl (C=O) groups excluding carboxylic acids is 1. The summed E-state index contributed by atoms with van der Waals surface area (Å²) >= 11 is 0. The van der Waals surface area contributed by atoms with Crippen LogP contribution in [0.2, 0.25) is 0 Å². The van der Waals surface area contributed by atoms with Gasteiger partial charge in [0.2, 0.25) is 0 Å². The molecule has 3 unspecified atom stereocenters. The van der Waals surface area contributed by atoms with Gasteiger partial charge in [-0.3, -0.25) is 4.89 Å². The summed E-state index contributed by atoms with van der Waals surface area (Å²) in [4.78, 5) is 23.3. The Hall–Kier alpha value is -1.35. The van der Waals surface area contributed by atoms with Crippen LogP contribution < -0.4 is 0 Å². The van der Waals surface area contributed by atoms with Crippen molar-refractivity contribution < 1.29 is 14.6 Å². The summed E-state index contributed by atoms with van der Waals surface area (Å²) in [6.45, 7) is 12.6. The molecule has 1 aliphatic rings. The highest BCUT2D eigenvalue weighted by Crippen LogP contribution is 2.35. The maximum atomic E-state index is 12.5. The van der Waals surface area contributed by atoms with Crippen molar-refractivity contribution in [3.8, 4) is 0 Å². The first kappa shape index (κ1) is 18.0. The van der Waals surface area contributed by atoms with E-state index in [1.807, 2.05) is 32.9 Å². The average molecular weight is 318 g/mol. The molecule has 128 valence electrons. The third-order valence-corrected chi connectivity index (χ3v) is 5.09. The van der Waals surface area contributed by atoms with E-state index in [-0.39, 0.29) is 12.1 Å². The quantitative estimate of drug-likeness (QED) is 0.568. The van der Waals surface area contributed by atoms with Crippen molar-refractivity contribution in [3.05, 3.63) is 34.4 Å². The minimum Gasteiger partial charge on any atom is -0.293 e. The third kappa shape index (κ3) is 4.35. The van der Waals surface area contributed by atoms with Gasteiger partial charge in [0.1, 0.15) is 6.10 Å². The second kappa shape index (κ2) is 7.48. The predicted molar refractivity (Wildman–Crippen MR) is 92.3 cm³/mol. The lowest BCUT2D eigenvalue weighted by Gasteiger charge is -2.35. The zero-order valence-electron chi connectivity index (χ0n) is 15.3. The van der Waals surface area contributed by atoms with E-state index >= 15 is 0 Å². The molecule has 1 fully saturated rings. The Morgan fingerprint density at radius 2 is 1.74 bits per heavy atom. The molecule has 3 nitrogen and oxygen atoms in total. The summed E-state index contributed by atoms with van der Waals surface area (Å²) in [5, 5.41) is 0. The van der Waals surface area contributed by atoms with Crippen LogP contribution >= 0.6 is 0 Å². The van der Waals surface area contributed by atoms with Crippen molar-refractivity contribution >= 4 is 5.97 Å². The van der Waals surface area contributed by atoms with Gasteiger partial charge in [0, 0.05) is 0 Å². The van der Waals surface area contributed by atoms with Gasteiger partial charge in [0.25, 0.3) is 0 Å². The largest absolute Gasteiger partial charge is 0.373 e. The predicted octanol–water partition coefficient (Wildman–Crippen LogP) is 5.16. The number of carbonyl (C=O) groups is 1. The Morgan fingerprint density at radius 3 is 2.30 bits per heavy atom. The lowest BCUT2D eigenvalue weighted by Crippen LogP contribution is -2.35. The highest BCUT2D eigenvalue weighted by Gasteiger charge is 2.33. The zero-order valence-corrected chi connectivity index (χ0v) is 15.3. The molecule has 1 aliphatic carbocycles. The van der Waals surface area contributed by atoms with Gasteiger partial charge in [0.15, 0.2) is 0 Å². The van der Waals surface area contributed by atoms with Crippen LogP contribution in [0.4, 0.5) is 0 Å². The number of benzene rings is 1. The van der Waals surface area contributed by atoms with Gasteiger partial charge in [-0.2, -0.15) is 4.89 Å². The van der Waals surface area contributed by atoms with Crippen molar-refractivity contribution in [2.45, 2.75) is 66.9 Å². The summed E-state index contributed by atoms with van der Waals surface area (Å²) in [5.41, 5.74) is 3.65. The monoisotopic (exact) mass is 318 g/mol. The van der Waals surface area contributed by atoms with E-state index in [2.05, 4.69) is 20.8 Å². The van der Waals surface area contributed by atoms with E-state index in [1.165, 1.54) is 6.42 Å². The van der Waals surface area contributed by atoms with Crippen LogP contribution in [0, 0.1) is 38.5 Å². The fourth-order valence-corrected chi connectivity index (χ4v) is 3.87. The van der Waals surface area contributed by atoms with Gasteiger partial charge in [0.05, 0.1) is 5.56 Å². The Balaban J connectivity index is 2.06. The molecule has 1 aromatic rings. The molecule has 0 radical (unpaired) electrons. The van der Waals surface area contributed by atoms with Crippen LogP contribution in [-0.2, 0) is 9.78 Å². The first-order valence-electron chi connectivity index (χ1n) is 8.75. The molecule has 23 heavy (non-hydrogen) atoms. The van der Waals surface area contributed by atoms with E-state index < -0.39 is 0 Å². The number of hydrogen-bond donors (Lipinski definition) is 0. The Bertz CT molecular complexity index is 539. The Morgan fingerprint density at radius 1 is 1.13 bits per heavy atom. The number of aryl methyl sites for hydroxylation is 3. The zero-order chi connectivity index (χ0) is 17.1. The van der Waals surface area contributed by atoms with Crippen LogP contribution in [0.1, 0.15) is 67.1 Å². The molecule has 0 bridgehead atoms. The normalized spacial score (nSPS) is 24.7. The summed E-state index contributed by atoms with van der Waals surface area (Å²) in [7, 11) is 0. The fourth-order valence-electron chi connectivity index (χ4n) is 3.87. The molecule has 0 spiro atoms. The van der Waals surface area contributed by atoms with E-state index in [4.69, 9.17) is 9.78 Å². The molecule has 3 atom stereocenters. The van der Waals surface area contributed by atoms with Crippen LogP contribution in [0.25, 0.3) is 0 Å². The van der Waals surface area contributed by atoms with Crippen LogP contribution in [0.15, 0.2) is 12.1 Å². The summed E-state index contributed by atoms with van der Waals surface area (Å²) in [6.07, 6.45) is 3.34. The Labute approximate surface area is 140 Å². The molecule has 0 heterocycles. The molecule has 0 aromatic heterocycles. The highest BCUT2D eigenvalue weighted by molar-refractivity contribution is 5.92. The van der Waals surface area contributed by atoms with Crippen LogP contribution in [-0.4, -0.2) is 12.1 Å². The van der Waals surface area contributed by atoms with Gasteiger partial charge >= 0.3 is 5.97 Å². The standard InChI is InChI=1S/C20H30O3/c1-12(2)17-8-7-13(3)11-18(17)22-23-20(21)19-15(5)9-14(4)10-16(19)6/h9-10,12-13,17-18H,7-8,11H2,1-6H3. The number of rotatable bonds is 4. The molecule has 3 heteroatoms. The van der Waals surface area contributed by atoms with E-state index in [9.17, 15) is 4.79 Å². The van der Waals surface area contributed by atoms with Crippen LogP contribution in [0.3, 0.4) is 0 Å². The van der Waals surface area contributed by atoms with E-state index in [0.29, 0.717) is 23.3 Å². The first-order chi connectivity index (χ1) is 10.8. The van der Waals surface area contributed by atoms with E-state index in [0.717, 1.165) is 29.5 Å². The second-order valence-corrected chi connectivity index (χ2v) is 7.61. The third-order valence-electron chi connectivity index (χ3n) is 5.09. The summed E-state index contributed by atoms with van der Waals surface area (Å²) in [5.74, 6) is 1.24. The molecule has 1 saturated carbocycles. The van der Waals surface area contributed by atoms with Crippen molar-refractivity contribution in [2.75, 3.05) is 0 Å². The maximum absolute atomic E-state index is 12.5. The lowest BCUT2D eigenvalue weighted by atomic mass is 9.75. The average Bonchev–Trinajstić information content (AvgIpc) is 2.43. The van der Waals surface area contributed by atoms with Crippen molar-refractivity contribution in [2.24, 2.45) is 17.8 Å². The second-order valence-electron chi connectivity index (χ2n) is 7.61. The van der Waals surface area contributed by atoms with Gasteiger partial charge in [-0.15, -0.1) is 0 Å². The van der Waals surface area contributed by atoms with Crippen molar-refractivity contribution in [1.29, 1.82) is 0 Å². The number of hydrogen-bond acceptors (Lipinski definition) is 3. The molecule has 0 N–H and O–H groups in total. The highest BCUT2D eigenvalue weighted by atomic mass is 17.2. The molecule has 2 rings (SSSR count). The smallest absolute Gasteiger partial charge is 0.293 e. The lowest BCUT2D eigenvalue weighted by molar-refractivity contribution is -0.296. The summed E-state index contributed by atoms with van der Waals surface area (Å²) in [6, 6.07) is 4.01. The molecule has 0 amide bonds. The van der Waals surface area contributed by atoms with Crippen molar-refractivity contribution in [3.63, 3.8) is 0 Å². The van der Waals surface area contributed by atoms with Gasteiger partial charge in [-0.1, -0.05) is 44.9 Å². The molecule has 0 aliphatic heterocycles. The summed E-state index contributed by atoms with van der Waals surface area (Å²) < 4.78 is 0. The molecule has 1 aromatic carbocycles. The first-order valence-corrected chi connectivity index (χ1v) is 8.75. The van der Waals surface area contributed by atoms with Gasteiger partial charge in [-0.05, 0) is 62.5 Å². The molecular weight excluding hydrogens is 288 g/mol. The van der Waals surface area contributed by atoms with Gasteiger partial charge < -0.3 is 0 Å². The van der Waals surface area contributed by atoms with E-state index in [1.54, 1.807) is 0 Å². The topological polar surface area (TPSA) is 35.5 Å². The Kier molecular flexibility index (Phi) is 5.85. The van der Waals surface area contributed by atoms with Crippen LogP contribution in [0.5, 0.6) is 0 Å². The SMILES string of the molecule is Cc1cc(C)c(C(=O)OOC2CC(C)CCC2C(C)C)c(C)c1. The minimum atomic E-state index is -0.374. The minimum absolute atomic E-state index is 0.00811. The molecular formula is C20H30O3. The van der Waals surface area contributed by atoms with Crippen molar-refractivity contribution in [1.82, 2.24) is 0 Å². The fraction of sp³-hybridized carbons (Fsp3) is 0.650. The molecule has 0 saturated heterocycles. The van der Waals surface area contributed by atoms with Gasteiger partial charge in [-0.25, -0.2) is 4.79 Å². The maximum Gasteiger partial charge on any atom is 0.373 e.